The highest BCUT2D eigenvalue weighted by molar-refractivity contribution is 7.90. The molecule has 0 radical (unpaired) electrons. The van der Waals surface area contributed by atoms with Crippen LogP contribution in [0.4, 0.5) is 14.6 Å². The summed E-state index contributed by atoms with van der Waals surface area (Å²) in [5, 5.41) is 18.3. The number of tetrazole rings is 1. The third-order valence-electron chi connectivity index (χ3n) is 4.26. The molecule has 0 aliphatic carbocycles. The molecule has 4 rings (SSSR count). The summed E-state index contributed by atoms with van der Waals surface area (Å²) >= 11 is 0. The van der Waals surface area contributed by atoms with Gasteiger partial charge in [0.05, 0.1) is 10.9 Å². The molecule has 0 saturated carbocycles. The van der Waals surface area contributed by atoms with Gasteiger partial charge in [0.1, 0.15) is 5.82 Å². The van der Waals surface area contributed by atoms with Crippen molar-refractivity contribution in [1.82, 2.24) is 25.3 Å². The number of aromatic nitrogens is 5. The Morgan fingerprint density at radius 3 is 2.55 bits per heavy atom. The van der Waals surface area contributed by atoms with Gasteiger partial charge in [-0.2, -0.15) is 0 Å². The van der Waals surface area contributed by atoms with Crippen LogP contribution >= 0.6 is 0 Å². The zero-order valence-electron chi connectivity index (χ0n) is 15.0. The topological polar surface area (TPSA) is 102 Å². The van der Waals surface area contributed by atoms with Gasteiger partial charge in [-0.05, 0) is 58.0 Å². The first kappa shape index (κ1) is 18.9. The zero-order valence-corrected chi connectivity index (χ0v) is 15.8. The molecule has 2 aromatic heterocycles. The lowest BCUT2D eigenvalue weighted by Crippen LogP contribution is -2.15. The maximum Gasteiger partial charge on any atom is 0.200 e. The number of sulfone groups is 1. The molecule has 0 saturated heterocycles. The molecule has 29 heavy (non-hydrogen) atoms. The summed E-state index contributed by atoms with van der Waals surface area (Å²) in [6, 6.07) is 12.2. The fourth-order valence-corrected chi connectivity index (χ4v) is 3.53. The second-order valence-corrected chi connectivity index (χ2v) is 8.36. The number of benzene rings is 2. The van der Waals surface area contributed by atoms with Crippen molar-refractivity contribution in [3.05, 3.63) is 77.4 Å². The maximum atomic E-state index is 13.9. The Kier molecular flexibility index (Phi) is 4.66. The van der Waals surface area contributed by atoms with E-state index in [-0.39, 0.29) is 4.90 Å². The second kappa shape index (κ2) is 7.17. The summed E-state index contributed by atoms with van der Waals surface area (Å²) < 4.78 is 52.4. The van der Waals surface area contributed by atoms with Crippen LogP contribution in [0.25, 0.3) is 5.65 Å². The number of fused-ring (bicyclic) bond motifs is 1. The number of hydrogen-bond acceptors (Lipinski definition) is 7. The van der Waals surface area contributed by atoms with E-state index in [9.17, 15) is 17.2 Å². The summed E-state index contributed by atoms with van der Waals surface area (Å²) in [6.07, 6.45) is 1.10. The summed E-state index contributed by atoms with van der Waals surface area (Å²) in [5.74, 6) is -1.65. The minimum absolute atomic E-state index is 0.105. The number of halogens is 2. The Morgan fingerprint density at radius 1 is 1.00 bits per heavy atom. The van der Waals surface area contributed by atoms with Crippen LogP contribution in [0.3, 0.4) is 0 Å². The first-order chi connectivity index (χ1) is 13.8. The van der Waals surface area contributed by atoms with E-state index in [1.165, 1.54) is 22.8 Å². The molecule has 1 N–H and O–H groups in total. The molecule has 0 fully saturated rings. The van der Waals surface area contributed by atoms with Crippen molar-refractivity contribution in [3.8, 4) is 0 Å². The Labute approximate surface area is 164 Å². The van der Waals surface area contributed by atoms with Gasteiger partial charge in [0.2, 0.25) is 0 Å². The largest absolute Gasteiger partial charge is 0.358 e. The second-order valence-electron chi connectivity index (χ2n) is 6.34. The molecule has 148 valence electrons. The van der Waals surface area contributed by atoms with Crippen LogP contribution in [0.5, 0.6) is 0 Å². The number of anilines is 1. The van der Waals surface area contributed by atoms with E-state index in [0.29, 0.717) is 22.6 Å². The molecule has 0 amide bonds. The molecule has 0 aliphatic heterocycles. The van der Waals surface area contributed by atoms with Gasteiger partial charge in [0, 0.05) is 6.26 Å². The maximum absolute atomic E-state index is 13.9. The van der Waals surface area contributed by atoms with Crippen LogP contribution in [-0.4, -0.2) is 39.9 Å². The van der Waals surface area contributed by atoms with E-state index in [2.05, 4.69) is 25.9 Å². The van der Waals surface area contributed by atoms with Crippen molar-refractivity contribution in [2.45, 2.75) is 10.9 Å². The van der Waals surface area contributed by atoms with E-state index in [1.807, 2.05) is 0 Å². The Morgan fingerprint density at radius 2 is 1.79 bits per heavy atom. The highest BCUT2D eigenvalue weighted by Gasteiger charge is 2.19. The Hall–Kier alpha value is -3.47. The smallest absolute Gasteiger partial charge is 0.200 e. The molecule has 0 bridgehead atoms. The standard InChI is InChI=1S/C18H14F2N6O2S/c1-29(27,28)13-4-2-3-11(9-13)18(12-5-6-14(19)15(20)10-12)21-16-7-8-17-22-24-25-26(17)23-16/h2-10,18H,1H3,(H,21,23). The van der Waals surface area contributed by atoms with Crippen LogP contribution in [0.1, 0.15) is 17.2 Å². The van der Waals surface area contributed by atoms with Gasteiger partial charge in [-0.25, -0.2) is 17.2 Å². The zero-order chi connectivity index (χ0) is 20.6. The monoisotopic (exact) mass is 416 g/mol. The first-order valence-corrected chi connectivity index (χ1v) is 10.3. The minimum atomic E-state index is -3.46. The van der Waals surface area contributed by atoms with E-state index < -0.39 is 27.5 Å². The lowest BCUT2D eigenvalue weighted by atomic mass is 9.98. The normalized spacial score (nSPS) is 12.8. The van der Waals surface area contributed by atoms with Gasteiger partial charge in [-0.15, -0.1) is 14.8 Å². The SMILES string of the molecule is CS(=O)(=O)c1cccc(C(Nc2ccc3nnnn3n2)c2ccc(F)c(F)c2)c1. The van der Waals surface area contributed by atoms with Crippen molar-refractivity contribution < 1.29 is 17.2 Å². The van der Waals surface area contributed by atoms with Crippen LogP contribution in [0, 0.1) is 11.6 Å². The minimum Gasteiger partial charge on any atom is -0.358 e. The molecule has 1 unspecified atom stereocenters. The number of rotatable bonds is 5. The van der Waals surface area contributed by atoms with E-state index >= 15 is 0 Å². The van der Waals surface area contributed by atoms with E-state index in [4.69, 9.17) is 0 Å². The molecule has 11 heteroatoms. The van der Waals surface area contributed by atoms with E-state index in [0.717, 1.165) is 18.4 Å². The van der Waals surface area contributed by atoms with Crippen LogP contribution < -0.4 is 5.32 Å². The summed E-state index contributed by atoms with van der Waals surface area (Å²) in [6.45, 7) is 0. The lowest BCUT2D eigenvalue weighted by Gasteiger charge is -2.21. The van der Waals surface area contributed by atoms with Crippen LogP contribution in [0.15, 0.2) is 59.5 Å². The molecule has 2 heterocycles. The number of nitrogens with one attached hydrogen (secondary N) is 1. The lowest BCUT2D eigenvalue weighted by molar-refractivity contribution is 0.506. The molecular weight excluding hydrogens is 402 g/mol. The first-order valence-electron chi connectivity index (χ1n) is 8.38. The Balaban J connectivity index is 1.81. The highest BCUT2D eigenvalue weighted by atomic mass is 32.2. The van der Waals surface area contributed by atoms with E-state index in [1.54, 1.807) is 24.3 Å². The average molecular weight is 416 g/mol. The highest BCUT2D eigenvalue weighted by Crippen LogP contribution is 2.28. The van der Waals surface area contributed by atoms with Crippen molar-refractivity contribution >= 4 is 21.3 Å². The predicted molar refractivity (Wildman–Crippen MR) is 100.0 cm³/mol. The summed E-state index contributed by atoms with van der Waals surface area (Å²) in [4.78, 5) is 0.105. The Bertz CT molecular complexity index is 1310. The number of hydrogen-bond donors (Lipinski definition) is 1. The molecule has 0 aliphatic rings. The fourth-order valence-electron chi connectivity index (χ4n) is 2.85. The predicted octanol–water partition coefficient (Wildman–Crippen LogP) is 2.40. The van der Waals surface area contributed by atoms with Gasteiger partial charge in [0.25, 0.3) is 0 Å². The molecule has 1 atom stereocenters. The van der Waals surface area contributed by atoms with Crippen molar-refractivity contribution in [1.29, 1.82) is 0 Å². The average Bonchev–Trinajstić information content (AvgIpc) is 3.16. The molecule has 2 aromatic carbocycles. The van der Waals surface area contributed by atoms with Crippen molar-refractivity contribution in [2.75, 3.05) is 11.6 Å². The van der Waals surface area contributed by atoms with Gasteiger partial charge in [-0.3, -0.25) is 0 Å². The van der Waals surface area contributed by atoms with Crippen molar-refractivity contribution in [2.24, 2.45) is 0 Å². The van der Waals surface area contributed by atoms with Gasteiger partial charge in [0.15, 0.2) is 27.1 Å². The van der Waals surface area contributed by atoms with Crippen molar-refractivity contribution in [3.63, 3.8) is 0 Å². The number of nitrogens with zero attached hydrogens (tertiary/aromatic N) is 5. The molecule has 4 aromatic rings. The molecule has 0 spiro atoms. The summed E-state index contributed by atoms with van der Waals surface area (Å²) in [5.41, 5.74) is 1.34. The van der Waals surface area contributed by atoms with Gasteiger partial charge < -0.3 is 5.32 Å². The molecular formula is C18H14F2N6O2S. The van der Waals surface area contributed by atoms with Crippen LogP contribution in [0.2, 0.25) is 0 Å². The van der Waals surface area contributed by atoms with Gasteiger partial charge in [-0.1, -0.05) is 18.2 Å². The third-order valence-corrected chi connectivity index (χ3v) is 5.37. The fraction of sp³-hybridized carbons (Fsp3) is 0.111. The third kappa shape index (κ3) is 3.90. The quantitative estimate of drug-likeness (QED) is 0.533. The summed E-state index contributed by atoms with van der Waals surface area (Å²) in [7, 11) is -3.46. The van der Waals surface area contributed by atoms with Gasteiger partial charge >= 0.3 is 0 Å². The molecule has 8 nitrogen and oxygen atoms in total. The van der Waals surface area contributed by atoms with Crippen LogP contribution in [-0.2, 0) is 9.84 Å².